The highest BCUT2D eigenvalue weighted by Crippen LogP contribution is 2.27. The van der Waals surface area contributed by atoms with Crippen LogP contribution in [-0.2, 0) is 9.53 Å². The second-order valence-corrected chi connectivity index (χ2v) is 2.86. The first-order chi connectivity index (χ1) is 7.11. The van der Waals surface area contributed by atoms with Crippen LogP contribution >= 0.6 is 0 Å². The predicted molar refractivity (Wildman–Crippen MR) is 51.9 cm³/mol. The Morgan fingerprint density at radius 3 is 2.67 bits per heavy atom. The van der Waals surface area contributed by atoms with E-state index in [1.165, 1.54) is 32.4 Å². The second kappa shape index (κ2) is 4.75. The van der Waals surface area contributed by atoms with E-state index < -0.39 is 17.8 Å². The lowest BCUT2D eigenvalue weighted by atomic mass is 10.1. The number of para-hydroxylation sites is 1. The standard InChI is InChI=1S/C10H12FNO3/c1-14-9-6(4-3-5-7(9)11)8(12)10(13)15-2/h3-5,8H,12H2,1-2H3. The van der Waals surface area contributed by atoms with Crippen molar-refractivity contribution in [3.05, 3.63) is 29.6 Å². The second-order valence-electron chi connectivity index (χ2n) is 2.86. The molecule has 0 saturated carbocycles. The summed E-state index contributed by atoms with van der Waals surface area (Å²) in [6.07, 6.45) is 0. The molecule has 82 valence electrons. The third-order valence-electron chi connectivity index (χ3n) is 1.99. The Labute approximate surface area is 86.8 Å². The van der Waals surface area contributed by atoms with E-state index in [9.17, 15) is 9.18 Å². The van der Waals surface area contributed by atoms with E-state index in [1.54, 1.807) is 0 Å². The molecule has 0 aliphatic carbocycles. The molecule has 2 N–H and O–H groups in total. The van der Waals surface area contributed by atoms with Crippen molar-refractivity contribution in [2.24, 2.45) is 5.73 Å². The number of halogens is 1. The number of methoxy groups -OCH3 is 2. The highest BCUT2D eigenvalue weighted by Gasteiger charge is 2.22. The molecule has 1 aromatic carbocycles. The van der Waals surface area contributed by atoms with Crippen molar-refractivity contribution >= 4 is 5.97 Å². The zero-order chi connectivity index (χ0) is 11.4. The lowest BCUT2D eigenvalue weighted by Gasteiger charge is -2.13. The third kappa shape index (κ3) is 2.24. The third-order valence-corrected chi connectivity index (χ3v) is 1.99. The summed E-state index contributed by atoms with van der Waals surface area (Å²) in [4.78, 5) is 11.2. The number of rotatable bonds is 3. The summed E-state index contributed by atoms with van der Waals surface area (Å²) < 4.78 is 22.5. The summed E-state index contributed by atoms with van der Waals surface area (Å²) in [6.45, 7) is 0. The van der Waals surface area contributed by atoms with Gasteiger partial charge in [0.15, 0.2) is 11.6 Å². The molecule has 1 unspecified atom stereocenters. The fraction of sp³-hybridized carbons (Fsp3) is 0.300. The summed E-state index contributed by atoms with van der Waals surface area (Å²) in [6, 6.07) is 3.16. The molecule has 0 aromatic heterocycles. The van der Waals surface area contributed by atoms with Crippen LogP contribution in [0.25, 0.3) is 0 Å². The van der Waals surface area contributed by atoms with Crippen molar-refractivity contribution < 1.29 is 18.7 Å². The number of nitrogens with two attached hydrogens (primary N) is 1. The quantitative estimate of drug-likeness (QED) is 0.761. The van der Waals surface area contributed by atoms with E-state index in [2.05, 4.69) is 4.74 Å². The van der Waals surface area contributed by atoms with Crippen molar-refractivity contribution in [2.75, 3.05) is 14.2 Å². The molecule has 0 heterocycles. The average Bonchev–Trinajstić information content (AvgIpc) is 2.26. The molecule has 0 fully saturated rings. The van der Waals surface area contributed by atoms with Crippen LogP contribution in [0.15, 0.2) is 18.2 Å². The molecule has 5 heteroatoms. The Morgan fingerprint density at radius 1 is 1.47 bits per heavy atom. The van der Waals surface area contributed by atoms with Crippen LogP contribution in [0.2, 0.25) is 0 Å². The van der Waals surface area contributed by atoms with E-state index in [4.69, 9.17) is 10.5 Å². The van der Waals surface area contributed by atoms with Gasteiger partial charge in [0.25, 0.3) is 0 Å². The molecule has 4 nitrogen and oxygen atoms in total. The largest absolute Gasteiger partial charge is 0.493 e. The number of carbonyl (C=O) groups is 1. The Bertz CT molecular complexity index is 368. The van der Waals surface area contributed by atoms with Crippen LogP contribution in [0.5, 0.6) is 5.75 Å². The van der Waals surface area contributed by atoms with Crippen LogP contribution in [0.3, 0.4) is 0 Å². The van der Waals surface area contributed by atoms with Gasteiger partial charge in [-0.1, -0.05) is 12.1 Å². The van der Waals surface area contributed by atoms with Crippen LogP contribution in [0.4, 0.5) is 4.39 Å². The minimum Gasteiger partial charge on any atom is -0.493 e. The number of hydrogen-bond acceptors (Lipinski definition) is 4. The highest BCUT2D eigenvalue weighted by molar-refractivity contribution is 5.78. The van der Waals surface area contributed by atoms with Crippen molar-refractivity contribution in [1.29, 1.82) is 0 Å². The Hall–Kier alpha value is -1.62. The smallest absolute Gasteiger partial charge is 0.327 e. The molecule has 0 amide bonds. The molecule has 0 aliphatic heterocycles. The summed E-state index contributed by atoms with van der Waals surface area (Å²) in [5.41, 5.74) is 5.84. The summed E-state index contributed by atoms with van der Waals surface area (Å²) >= 11 is 0. The van der Waals surface area contributed by atoms with Crippen molar-refractivity contribution in [3.8, 4) is 5.75 Å². The molecule has 0 bridgehead atoms. The van der Waals surface area contributed by atoms with E-state index in [-0.39, 0.29) is 11.3 Å². The van der Waals surface area contributed by atoms with Gasteiger partial charge in [-0.15, -0.1) is 0 Å². The molecule has 0 spiro atoms. The van der Waals surface area contributed by atoms with Gasteiger partial charge in [0.05, 0.1) is 14.2 Å². The zero-order valence-electron chi connectivity index (χ0n) is 8.49. The van der Waals surface area contributed by atoms with E-state index >= 15 is 0 Å². The molecule has 1 atom stereocenters. The van der Waals surface area contributed by atoms with Gasteiger partial charge in [-0.25, -0.2) is 4.39 Å². The van der Waals surface area contributed by atoms with Gasteiger partial charge >= 0.3 is 5.97 Å². The Kier molecular flexibility index (Phi) is 3.62. The van der Waals surface area contributed by atoms with Gasteiger partial charge in [-0.3, -0.25) is 4.79 Å². The molecular weight excluding hydrogens is 201 g/mol. The number of ether oxygens (including phenoxy) is 2. The van der Waals surface area contributed by atoms with Crippen LogP contribution in [0, 0.1) is 5.82 Å². The van der Waals surface area contributed by atoms with Crippen molar-refractivity contribution in [2.45, 2.75) is 6.04 Å². The van der Waals surface area contributed by atoms with E-state index in [0.29, 0.717) is 0 Å². The fourth-order valence-electron chi connectivity index (χ4n) is 1.24. The molecule has 1 rings (SSSR count). The lowest BCUT2D eigenvalue weighted by Crippen LogP contribution is -2.23. The predicted octanol–water partition coefficient (Wildman–Crippen LogP) is 1.01. The SMILES string of the molecule is COC(=O)C(N)c1cccc(F)c1OC. The first-order valence-electron chi connectivity index (χ1n) is 4.27. The number of hydrogen-bond donors (Lipinski definition) is 1. The van der Waals surface area contributed by atoms with Gasteiger partial charge < -0.3 is 15.2 Å². The average molecular weight is 213 g/mol. The summed E-state index contributed by atoms with van der Waals surface area (Å²) in [7, 11) is 2.53. The minimum atomic E-state index is -1.04. The highest BCUT2D eigenvalue weighted by atomic mass is 19.1. The maximum atomic E-state index is 13.2. The maximum absolute atomic E-state index is 13.2. The number of carbonyl (C=O) groups excluding carboxylic acids is 1. The van der Waals surface area contributed by atoms with E-state index in [0.717, 1.165) is 0 Å². The Morgan fingerprint density at radius 2 is 2.13 bits per heavy atom. The summed E-state index contributed by atoms with van der Waals surface area (Å²) in [5, 5.41) is 0. The van der Waals surface area contributed by atoms with Crippen LogP contribution < -0.4 is 10.5 Å². The van der Waals surface area contributed by atoms with Gasteiger partial charge in [-0.05, 0) is 6.07 Å². The van der Waals surface area contributed by atoms with Crippen LogP contribution in [0.1, 0.15) is 11.6 Å². The molecule has 15 heavy (non-hydrogen) atoms. The van der Waals surface area contributed by atoms with Gasteiger partial charge in [0.2, 0.25) is 0 Å². The molecule has 0 aliphatic rings. The van der Waals surface area contributed by atoms with Crippen molar-refractivity contribution in [3.63, 3.8) is 0 Å². The molecule has 0 radical (unpaired) electrons. The minimum absolute atomic E-state index is 0.0320. The number of esters is 1. The topological polar surface area (TPSA) is 61.5 Å². The van der Waals surface area contributed by atoms with Gasteiger partial charge in [0, 0.05) is 5.56 Å². The first kappa shape index (κ1) is 11.5. The monoisotopic (exact) mass is 213 g/mol. The molecular formula is C10H12FNO3. The zero-order valence-corrected chi connectivity index (χ0v) is 8.49. The first-order valence-corrected chi connectivity index (χ1v) is 4.27. The normalized spacial score (nSPS) is 12.0. The Balaban J connectivity index is 3.13. The van der Waals surface area contributed by atoms with Gasteiger partial charge in [0.1, 0.15) is 6.04 Å². The van der Waals surface area contributed by atoms with Crippen LogP contribution in [-0.4, -0.2) is 20.2 Å². The summed E-state index contributed by atoms with van der Waals surface area (Å²) in [5.74, 6) is -1.23. The fourth-order valence-corrected chi connectivity index (χ4v) is 1.24. The lowest BCUT2D eigenvalue weighted by molar-refractivity contribution is -0.142. The molecule has 0 saturated heterocycles. The van der Waals surface area contributed by atoms with Gasteiger partial charge in [-0.2, -0.15) is 0 Å². The number of benzene rings is 1. The maximum Gasteiger partial charge on any atom is 0.327 e. The molecule has 1 aromatic rings. The van der Waals surface area contributed by atoms with E-state index in [1.807, 2.05) is 0 Å². The van der Waals surface area contributed by atoms with Crippen molar-refractivity contribution in [1.82, 2.24) is 0 Å².